The van der Waals surface area contributed by atoms with Crippen LogP contribution in [0, 0.1) is 0 Å². The van der Waals surface area contributed by atoms with E-state index in [4.69, 9.17) is 4.74 Å². The van der Waals surface area contributed by atoms with Crippen LogP contribution in [0.15, 0.2) is 24.5 Å². The number of nitrogens with zero attached hydrogens (tertiary/aromatic N) is 1. The largest absolute Gasteiger partial charge is 0.479 e. The lowest BCUT2D eigenvalue weighted by Crippen LogP contribution is -2.42. The number of ether oxygens (including phenoxy) is 1. The van der Waals surface area contributed by atoms with Gasteiger partial charge >= 0.3 is 0 Å². The number of halogens is 2. The molecule has 0 saturated heterocycles. The van der Waals surface area contributed by atoms with Crippen molar-refractivity contribution in [3.63, 3.8) is 0 Å². The third-order valence-corrected chi connectivity index (χ3v) is 2.39. The number of amides is 1. The van der Waals surface area contributed by atoms with Crippen molar-refractivity contribution < 1.29 is 9.53 Å². The van der Waals surface area contributed by atoms with Gasteiger partial charge in [0.15, 0.2) is 6.10 Å². The second kappa shape index (κ2) is 10.8. The molecule has 0 saturated carbocycles. The number of carbonyl (C=O) groups is 1. The summed E-state index contributed by atoms with van der Waals surface area (Å²) in [7, 11) is 1.85. The van der Waals surface area contributed by atoms with Crippen LogP contribution in [-0.2, 0) is 4.79 Å². The van der Waals surface area contributed by atoms with Crippen molar-refractivity contribution in [1.82, 2.24) is 15.6 Å². The van der Waals surface area contributed by atoms with E-state index in [2.05, 4.69) is 15.6 Å². The zero-order valence-corrected chi connectivity index (χ0v) is 12.9. The minimum atomic E-state index is -0.525. The molecule has 0 aliphatic heterocycles. The van der Waals surface area contributed by atoms with Gasteiger partial charge in [-0.15, -0.1) is 24.8 Å². The fraction of sp³-hybridized carbons (Fsp3) is 0.500. The Morgan fingerprint density at radius 1 is 1.42 bits per heavy atom. The Balaban J connectivity index is 0. The molecule has 0 spiro atoms. The predicted molar refractivity (Wildman–Crippen MR) is 80.4 cm³/mol. The van der Waals surface area contributed by atoms with Gasteiger partial charge in [0.25, 0.3) is 5.91 Å². The fourth-order valence-corrected chi connectivity index (χ4v) is 1.17. The van der Waals surface area contributed by atoms with Gasteiger partial charge in [0.1, 0.15) is 5.75 Å². The lowest BCUT2D eigenvalue weighted by Gasteiger charge is -2.16. The quantitative estimate of drug-likeness (QED) is 0.834. The minimum Gasteiger partial charge on any atom is -0.479 e. The third kappa shape index (κ3) is 7.87. The van der Waals surface area contributed by atoms with Crippen molar-refractivity contribution in [2.45, 2.75) is 26.0 Å². The second-order valence-corrected chi connectivity index (χ2v) is 3.88. The van der Waals surface area contributed by atoms with Crippen LogP contribution < -0.4 is 15.4 Å². The Bertz CT molecular complexity index is 352. The summed E-state index contributed by atoms with van der Waals surface area (Å²) < 4.78 is 5.45. The van der Waals surface area contributed by atoms with Gasteiger partial charge in [-0.25, -0.2) is 0 Å². The SMILES string of the molecule is CNC(C)CNC(=O)C(C)Oc1cccnc1.Cl.Cl. The summed E-state index contributed by atoms with van der Waals surface area (Å²) in [5, 5.41) is 5.85. The highest BCUT2D eigenvalue weighted by molar-refractivity contribution is 5.85. The van der Waals surface area contributed by atoms with Gasteiger partial charge in [-0.1, -0.05) is 0 Å². The molecule has 2 unspecified atom stereocenters. The summed E-state index contributed by atoms with van der Waals surface area (Å²) in [6.45, 7) is 4.29. The average molecular weight is 310 g/mol. The van der Waals surface area contributed by atoms with Gasteiger partial charge in [-0.3, -0.25) is 9.78 Å². The molecule has 0 aromatic carbocycles. The summed E-state index contributed by atoms with van der Waals surface area (Å²) in [5.74, 6) is 0.466. The van der Waals surface area contributed by atoms with Crippen molar-refractivity contribution in [3.05, 3.63) is 24.5 Å². The van der Waals surface area contributed by atoms with Crippen LogP contribution >= 0.6 is 24.8 Å². The van der Waals surface area contributed by atoms with Gasteiger partial charge in [0.05, 0.1) is 6.20 Å². The van der Waals surface area contributed by atoms with Crippen LogP contribution in [-0.4, -0.2) is 36.6 Å². The van der Waals surface area contributed by atoms with Crippen molar-refractivity contribution >= 4 is 30.7 Å². The summed E-state index contributed by atoms with van der Waals surface area (Å²) in [4.78, 5) is 15.6. The molecule has 1 rings (SSSR count). The second-order valence-electron chi connectivity index (χ2n) is 3.88. The van der Waals surface area contributed by atoms with E-state index >= 15 is 0 Å². The van der Waals surface area contributed by atoms with Crippen molar-refractivity contribution in [2.75, 3.05) is 13.6 Å². The standard InChI is InChI=1S/C12H19N3O2.2ClH/c1-9(13-3)7-15-12(16)10(2)17-11-5-4-6-14-8-11;;/h4-6,8-10,13H,7H2,1-3H3,(H,15,16);2*1H. The number of rotatable bonds is 6. The molecule has 110 valence electrons. The summed E-state index contributed by atoms with van der Waals surface area (Å²) in [6.07, 6.45) is 2.72. The van der Waals surface area contributed by atoms with E-state index in [0.717, 1.165) is 0 Å². The van der Waals surface area contributed by atoms with Gasteiger partial charge in [0, 0.05) is 18.8 Å². The molecule has 1 aromatic heterocycles. The zero-order chi connectivity index (χ0) is 12.7. The Kier molecular flexibility index (Phi) is 11.6. The molecule has 1 amide bonds. The maximum absolute atomic E-state index is 11.7. The van der Waals surface area contributed by atoms with Crippen molar-refractivity contribution in [2.24, 2.45) is 0 Å². The van der Waals surface area contributed by atoms with E-state index in [1.165, 1.54) is 0 Å². The van der Waals surface area contributed by atoms with Crippen LogP contribution in [0.2, 0.25) is 0 Å². The van der Waals surface area contributed by atoms with Crippen LogP contribution in [0.4, 0.5) is 0 Å². The smallest absolute Gasteiger partial charge is 0.260 e. The monoisotopic (exact) mass is 309 g/mol. The number of nitrogens with one attached hydrogen (secondary N) is 2. The van der Waals surface area contributed by atoms with Crippen molar-refractivity contribution in [3.8, 4) is 5.75 Å². The molecular formula is C12H21Cl2N3O2. The van der Waals surface area contributed by atoms with Gasteiger partial charge in [-0.2, -0.15) is 0 Å². The highest BCUT2D eigenvalue weighted by Gasteiger charge is 2.14. The Morgan fingerprint density at radius 2 is 2.11 bits per heavy atom. The first kappa shape index (κ1) is 20.3. The molecule has 0 aliphatic carbocycles. The van der Waals surface area contributed by atoms with E-state index in [1.807, 2.05) is 14.0 Å². The lowest BCUT2D eigenvalue weighted by molar-refractivity contribution is -0.127. The molecule has 2 N–H and O–H groups in total. The molecular weight excluding hydrogens is 289 g/mol. The summed E-state index contributed by atoms with van der Waals surface area (Å²) in [5.41, 5.74) is 0. The number of aromatic nitrogens is 1. The zero-order valence-electron chi connectivity index (χ0n) is 11.3. The highest BCUT2D eigenvalue weighted by Crippen LogP contribution is 2.08. The van der Waals surface area contributed by atoms with E-state index in [1.54, 1.807) is 31.5 Å². The molecule has 1 heterocycles. The molecule has 0 aliphatic rings. The Morgan fingerprint density at radius 3 is 2.63 bits per heavy atom. The molecule has 2 atom stereocenters. The third-order valence-electron chi connectivity index (χ3n) is 2.39. The van der Waals surface area contributed by atoms with Crippen molar-refractivity contribution in [1.29, 1.82) is 0 Å². The minimum absolute atomic E-state index is 0. The Labute approximate surface area is 126 Å². The molecule has 0 fully saturated rings. The number of pyridine rings is 1. The molecule has 0 bridgehead atoms. The number of carbonyl (C=O) groups excluding carboxylic acids is 1. The Hall–Kier alpha value is -1.04. The van der Waals surface area contributed by atoms with E-state index in [0.29, 0.717) is 12.3 Å². The molecule has 7 heteroatoms. The topological polar surface area (TPSA) is 63.2 Å². The van der Waals surface area contributed by atoms with E-state index in [-0.39, 0.29) is 36.8 Å². The van der Waals surface area contributed by atoms with Gasteiger partial charge in [-0.05, 0) is 33.0 Å². The summed E-state index contributed by atoms with van der Waals surface area (Å²) in [6, 6.07) is 3.78. The van der Waals surface area contributed by atoms with Crippen LogP contribution in [0.5, 0.6) is 5.75 Å². The maximum atomic E-state index is 11.7. The average Bonchev–Trinajstić information content (AvgIpc) is 2.36. The van der Waals surface area contributed by atoms with E-state index < -0.39 is 6.10 Å². The number of hydrogen-bond donors (Lipinski definition) is 2. The molecule has 0 radical (unpaired) electrons. The van der Waals surface area contributed by atoms with Crippen LogP contribution in [0.3, 0.4) is 0 Å². The van der Waals surface area contributed by atoms with E-state index in [9.17, 15) is 4.79 Å². The first-order chi connectivity index (χ1) is 8.13. The number of likely N-dealkylation sites (N-methyl/N-ethyl adjacent to an activating group) is 1. The fourth-order valence-electron chi connectivity index (χ4n) is 1.17. The first-order valence-corrected chi connectivity index (χ1v) is 5.65. The van der Waals surface area contributed by atoms with Crippen LogP contribution in [0.25, 0.3) is 0 Å². The molecule has 19 heavy (non-hydrogen) atoms. The molecule has 5 nitrogen and oxygen atoms in total. The first-order valence-electron chi connectivity index (χ1n) is 5.65. The highest BCUT2D eigenvalue weighted by atomic mass is 35.5. The maximum Gasteiger partial charge on any atom is 0.260 e. The van der Waals surface area contributed by atoms with Gasteiger partial charge in [0.2, 0.25) is 0 Å². The molecule has 1 aromatic rings. The lowest BCUT2D eigenvalue weighted by atomic mass is 10.3. The van der Waals surface area contributed by atoms with Crippen LogP contribution in [0.1, 0.15) is 13.8 Å². The summed E-state index contributed by atoms with van der Waals surface area (Å²) >= 11 is 0. The number of hydrogen-bond acceptors (Lipinski definition) is 4. The predicted octanol–water partition coefficient (Wildman–Crippen LogP) is 1.42. The normalized spacial score (nSPS) is 12.4. The van der Waals surface area contributed by atoms with Gasteiger partial charge < -0.3 is 15.4 Å².